The predicted octanol–water partition coefficient (Wildman–Crippen LogP) is 3.16. The van der Waals surface area contributed by atoms with E-state index in [9.17, 15) is 9.59 Å². The molecule has 1 unspecified atom stereocenters. The Morgan fingerprint density at radius 2 is 1.64 bits per heavy atom. The Kier molecular flexibility index (Phi) is 5.81. The number of hydrogen-bond acceptors (Lipinski definition) is 5. The Morgan fingerprint density at radius 3 is 2.39 bits per heavy atom. The predicted molar refractivity (Wildman–Crippen MR) is 131 cm³/mol. The zero-order valence-electron chi connectivity index (χ0n) is 18.5. The molecule has 33 heavy (non-hydrogen) atoms. The lowest BCUT2D eigenvalue weighted by atomic mass is 9.88. The van der Waals surface area contributed by atoms with E-state index in [1.54, 1.807) is 6.20 Å². The minimum atomic E-state index is -0.346. The van der Waals surface area contributed by atoms with E-state index in [4.69, 9.17) is 11.6 Å². The van der Waals surface area contributed by atoms with Crippen LogP contribution in [-0.4, -0.2) is 60.4 Å². The van der Waals surface area contributed by atoms with Gasteiger partial charge in [0.25, 0.3) is 5.56 Å². The molecule has 7 nitrogen and oxygen atoms in total. The Balaban J connectivity index is 1.30. The molecule has 1 fully saturated rings. The number of piperazine rings is 1. The number of rotatable bonds is 3. The highest BCUT2D eigenvalue weighted by molar-refractivity contribution is 6.33. The van der Waals surface area contributed by atoms with Crippen molar-refractivity contribution in [1.29, 1.82) is 0 Å². The van der Waals surface area contributed by atoms with Gasteiger partial charge in [-0.1, -0.05) is 48.0 Å². The highest BCUT2D eigenvalue weighted by Gasteiger charge is 2.33. The van der Waals surface area contributed by atoms with E-state index in [1.807, 2.05) is 52.3 Å². The number of aromatic nitrogens is 2. The molecule has 3 aromatic rings. The van der Waals surface area contributed by atoms with Gasteiger partial charge in [-0.05, 0) is 30.2 Å². The Hall–Kier alpha value is -3.32. The van der Waals surface area contributed by atoms with Gasteiger partial charge in [0.15, 0.2) is 0 Å². The molecule has 1 atom stereocenters. The minimum Gasteiger partial charge on any atom is -0.374 e. The van der Waals surface area contributed by atoms with Gasteiger partial charge in [0.2, 0.25) is 5.91 Å². The number of nitrogens with zero attached hydrogens (tertiary/aromatic N) is 5. The van der Waals surface area contributed by atoms with Crippen molar-refractivity contribution in [1.82, 2.24) is 14.7 Å². The maximum absolute atomic E-state index is 13.4. The van der Waals surface area contributed by atoms with Crippen molar-refractivity contribution in [3.8, 4) is 5.69 Å². The van der Waals surface area contributed by atoms with Gasteiger partial charge in [-0.25, -0.2) is 0 Å². The largest absolute Gasteiger partial charge is 0.374 e. The van der Waals surface area contributed by atoms with Crippen LogP contribution in [0.15, 0.2) is 65.6 Å². The third kappa shape index (κ3) is 3.97. The molecular formula is C25H26ClN5O2. The molecule has 2 aromatic carbocycles. The average molecular weight is 464 g/mol. The Morgan fingerprint density at radius 1 is 0.939 bits per heavy atom. The van der Waals surface area contributed by atoms with E-state index in [1.165, 1.54) is 4.68 Å². The van der Waals surface area contributed by atoms with Gasteiger partial charge in [0, 0.05) is 45.5 Å². The highest BCUT2D eigenvalue weighted by atomic mass is 35.5. The van der Waals surface area contributed by atoms with E-state index < -0.39 is 0 Å². The molecule has 5 rings (SSSR count). The molecule has 170 valence electrons. The van der Waals surface area contributed by atoms with E-state index in [2.05, 4.69) is 29.2 Å². The smallest absolute Gasteiger partial charge is 0.292 e. The van der Waals surface area contributed by atoms with Crippen LogP contribution in [0.25, 0.3) is 5.69 Å². The fourth-order valence-corrected chi connectivity index (χ4v) is 5.02. The van der Waals surface area contributed by atoms with Crippen molar-refractivity contribution < 1.29 is 4.79 Å². The van der Waals surface area contributed by atoms with Crippen LogP contribution in [0.5, 0.6) is 0 Å². The maximum atomic E-state index is 13.4. The van der Waals surface area contributed by atoms with Crippen LogP contribution in [0, 0.1) is 0 Å². The summed E-state index contributed by atoms with van der Waals surface area (Å²) in [6, 6.07) is 17.4. The highest BCUT2D eigenvalue weighted by Crippen LogP contribution is 2.36. The number of fused-ring (bicyclic) bond motifs is 1. The van der Waals surface area contributed by atoms with Crippen LogP contribution < -0.4 is 15.4 Å². The molecule has 0 spiro atoms. The first kappa shape index (κ1) is 21.5. The average Bonchev–Trinajstić information content (AvgIpc) is 2.86. The number of carbonyl (C=O) groups is 1. The van der Waals surface area contributed by atoms with Crippen molar-refractivity contribution in [2.24, 2.45) is 0 Å². The topological polar surface area (TPSA) is 61.7 Å². The minimum absolute atomic E-state index is 0.107. The second kappa shape index (κ2) is 8.90. The number of halogens is 1. The second-order valence-corrected chi connectivity index (χ2v) is 8.91. The molecule has 8 heteroatoms. The molecular weight excluding hydrogens is 438 g/mol. The number of benzene rings is 2. The molecule has 1 saturated heterocycles. The molecule has 0 N–H and O–H groups in total. The van der Waals surface area contributed by atoms with Crippen molar-refractivity contribution in [3.05, 3.63) is 81.7 Å². The van der Waals surface area contributed by atoms with Crippen LogP contribution in [-0.2, 0) is 4.79 Å². The fraction of sp³-hybridized carbons (Fsp3) is 0.320. The molecule has 0 aliphatic carbocycles. The van der Waals surface area contributed by atoms with Crippen molar-refractivity contribution in [2.75, 3.05) is 49.6 Å². The van der Waals surface area contributed by atoms with Gasteiger partial charge in [-0.15, -0.1) is 0 Å². The van der Waals surface area contributed by atoms with Crippen molar-refractivity contribution >= 4 is 28.9 Å². The summed E-state index contributed by atoms with van der Waals surface area (Å²) in [5, 5.41) is 4.49. The summed E-state index contributed by atoms with van der Waals surface area (Å²) >= 11 is 6.47. The van der Waals surface area contributed by atoms with Crippen LogP contribution in [0.1, 0.15) is 17.9 Å². The third-order valence-corrected chi connectivity index (χ3v) is 6.96. The van der Waals surface area contributed by atoms with E-state index in [-0.39, 0.29) is 22.4 Å². The van der Waals surface area contributed by atoms with Gasteiger partial charge in [-0.2, -0.15) is 9.78 Å². The Labute approximate surface area is 197 Å². The molecule has 2 aliphatic rings. The molecule has 0 saturated carbocycles. The normalized spacial score (nSPS) is 18.2. The van der Waals surface area contributed by atoms with Gasteiger partial charge in [-0.3, -0.25) is 9.59 Å². The van der Waals surface area contributed by atoms with Gasteiger partial charge in [0.05, 0.1) is 23.5 Å². The summed E-state index contributed by atoms with van der Waals surface area (Å²) in [6.45, 7) is 3.26. The van der Waals surface area contributed by atoms with E-state index >= 15 is 0 Å². The number of amides is 1. The summed E-state index contributed by atoms with van der Waals surface area (Å²) < 4.78 is 1.31. The first-order valence-electron chi connectivity index (χ1n) is 11.2. The van der Waals surface area contributed by atoms with Crippen molar-refractivity contribution in [2.45, 2.75) is 12.3 Å². The molecule has 0 bridgehead atoms. The second-order valence-electron chi connectivity index (χ2n) is 8.53. The lowest BCUT2D eigenvalue weighted by molar-refractivity contribution is -0.133. The lowest BCUT2D eigenvalue weighted by Gasteiger charge is -2.39. The van der Waals surface area contributed by atoms with Crippen LogP contribution in [0.4, 0.5) is 11.4 Å². The van der Waals surface area contributed by atoms with Gasteiger partial charge >= 0.3 is 0 Å². The molecule has 3 heterocycles. The number of carbonyl (C=O) groups excluding carboxylic acids is 1. The molecule has 2 aliphatic heterocycles. The number of hydrogen-bond donors (Lipinski definition) is 0. The monoisotopic (exact) mass is 463 g/mol. The third-order valence-electron chi connectivity index (χ3n) is 6.61. The Bertz CT molecular complexity index is 1220. The van der Waals surface area contributed by atoms with Crippen LogP contribution >= 0.6 is 11.6 Å². The molecule has 0 radical (unpaired) electrons. The first-order valence-corrected chi connectivity index (χ1v) is 11.6. The van der Waals surface area contributed by atoms with E-state index in [0.29, 0.717) is 37.6 Å². The van der Waals surface area contributed by atoms with Crippen LogP contribution in [0.2, 0.25) is 5.02 Å². The summed E-state index contributed by atoms with van der Waals surface area (Å²) in [4.78, 5) is 32.4. The molecule has 1 aromatic heterocycles. The van der Waals surface area contributed by atoms with Crippen LogP contribution in [0.3, 0.4) is 0 Å². The van der Waals surface area contributed by atoms with Gasteiger partial charge < -0.3 is 14.7 Å². The van der Waals surface area contributed by atoms with Crippen molar-refractivity contribution in [3.63, 3.8) is 0 Å². The quantitative estimate of drug-likeness (QED) is 0.597. The summed E-state index contributed by atoms with van der Waals surface area (Å²) in [7, 11) is 2.07. The fourth-order valence-electron chi connectivity index (χ4n) is 4.77. The lowest BCUT2D eigenvalue weighted by Crippen LogP contribution is -2.51. The number of anilines is 2. The number of para-hydroxylation sites is 2. The maximum Gasteiger partial charge on any atom is 0.292 e. The van der Waals surface area contributed by atoms with Gasteiger partial charge in [0.1, 0.15) is 5.02 Å². The standard InChI is InChI=1S/C25H26ClN5O2/c1-28-12-11-20(19-9-5-6-10-21(19)28)24(32)30-15-13-29(14-16-30)22-17-27-31(25(33)23(22)26)18-7-3-2-4-8-18/h2-10,17,20H,11-16H2,1H3. The van der Waals surface area contributed by atoms with E-state index in [0.717, 1.165) is 24.2 Å². The summed E-state index contributed by atoms with van der Waals surface area (Å²) in [5.41, 5.74) is 3.19. The zero-order valence-corrected chi connectivity index (χ0v) is 19.3. The summed E-state index contributed by atoms with van der Waals surface area (Å²) in [5.74, 6) is 0.0721. The zero-order chi connectivity index (χ0) is 22.9. The molecule has 1 amide bonds. The summed E-state index contributed by atoms with van der Waals surface area (Å²) in [6.07, 6.45) is 2.46. The first-order chi connectivity index (χ1) is 16.0. The SMILES string of the molecule is CN1CCC(C(=O)N2CCN(c3cnn(-c4ccccc4)c(=O)c3Cl)CC2)c2ccccc21.